The van der Waals surface area contributed by atoms with E-state index in [4.69, 9.17) is 10.2 Å². The molecule has 1 aliphatic heterocycles. The summed E-state index contributed by atoms with van der Waals surface area (Å²) in [7, 11) is 0. The molecule has 5 nitrogen and oxygen atoms in total. The van der Waals surface area contributed by atoms with Crippen molar-refractivity contribution in [3.05, 3.63) is 0 Å². The number of nitrogens with one attached hydrogen (secondary N) is 1. The number of carboxylic acid groups (broad SMARTS) is 1. The molecule has 1 aliphatic rings. The van der Waals surface area contributed by atoms with Gasteiger partial charge < -0.3 is 15.5 Å². The number of aliphatic carboxylic acids is 1. The Bertz CT molecular complexity index is 161. The third-order valence-electron chi connectivity index (χ3n) is 1.97. The van der Waals surface area contributed by atoms with Gasteiger partial charge in [0, 0.05) is 26.2 Å². The highest BCUT2D eigenvalue weighted by molar-refractivity contribution is 5.73. The molecule has 12 heavy (non-hydrogen) atoms. The van der Waals surface area contributed by atoms with Crippen molar-refractivity contribution < 1.29 is 15.0 Å². The Morgan fingerprint density at radius 3 is 3.00 bits per heavy atom. The fraction of sp³-hybridized carbons (Fsp3) is 0.857. The molecule has 0 aromatic rings. The van der Waals surface area contributed by atoms with Gasteiger partial charge in [0.25, 0.3) is 0 Å². The fourth-order valence-electron chi connectivity index (χ4n) is 1.32. The van der Waals surface area contributed by atoms with Crippen molar-refractivity contribution in [1.29, 1.82) is 0 Å². The molecule has 0 aliphatic carbocycles. The standard InChI is InChI=1S/C7H14N2O3/c10-4-3-9-2-1-8-6(5-9)7(11)12/h6,8,10H,1-5H2,(H,11,12). The zero-order chi connectivity index (χ0) is 8.97. The summed E-state index contributed by atoms with van der Waals surface area (Å²) in [5, 5.41) is 20.2. The Kier molecular flexibility index (Phi) is 3.46. The van der Waals surface area contributed by atoms with Crippen LogP contribution in [0.15, 0.2) is 0 Å². The van der Waals surface area contributed by atoms with Crippen LogP contribution < -0.4 is 5.32 Å². The Morgan fingerprint density at radius 1 is 1.67 bits per heavy atom. The van der Waals surface area contributed by atoms with Gasteiger partial charge in [0.1, 0.15) is 6.04 Å². The van der Waals surface area contributed by atoms with Crippen LogP contribution in [0.1, 0.15) is 0 Å². The highest BCUT2D eigenvalue weighted by Gasteiger charge is 2.23. The molecule has 1 rings (SSSR count). The molecule has 1 unspecified atom stereocenters. The van der Waals surface area contributed by atoms with Gasteiger partial charge in [-0.3, -0.25) is 9.69 Å². The number of aliphatic hydroxyl groups is 1. The van der Waals surface area contributed by atoms with E-state index in [1.165, 1.54) is 0 Å². The van der Waals surface area contributed by atoms with Gasteiger partial charge >= 0.3 is 5.97 Å². The van der Waals surface area contributed by atoms with E-state index in [9.17, 15) is 4.79 Å². The fourth-order valence-corrected chi connectivity index (χ4v) is 1.32. The van der Waals surface area contributed by atoms with E-state index in [1.807, 2.05) is 4.90 Å². The predicted octanol–water partition coefficient (Wildman–Crippen LogP) is -1.66. The van der Waals surface area contributed by atoms with Crippen LogP contribution in [-0.2, 0) is 4.79 Å². The first-order valence-electron chi connectivity index (χ1n) is 4.03. The normalized spacial score (nSPS) is 25.6. The lowest BCUT2D eigenvalue weighted by atomic mass is 10.2. The number of β-amino-alcohol motifs (C(OH)–C–C–N with tert-alkyl or cyclic N) is 1. The van der Waals surface area contributed by atoms with E-state index in [0.717, 1.165) is 6.54 Å². The summed E-state index contributed by atoms with van der Waals surface area (Å²) in [6.45, 7) is 2.62. The molecular weight excluding hydrogens is 160 g/mol. The van der Waals surface area contributed by atoms with Gasteiger partial charge in [0.2, 0.25) is 0 Å². The lowest BCUT2D eigenvalue weighted by Crippen LogP contribution is -2.54. The largest absolute Gasteiger partial charge is 0.480 e. The van der Waals surface area contributed by atoms with Crippen LogP contribution >= 0.6 is 0 Å². The molecule has 0 saturated carbocycles. The molecule has 1 saturated heterocycles. The average molecular weight is 174 g/mol. The monoisotopic (exact) mass is 174 g/mol. The average Bonchev–Trinajstić information content (AvgIpc) is 2.05. The van der Waals surface area contributed by atoms with E-state index in [1.54, 1.807) is 0 Å². The molecule has 0 spiro atoms. The molecular formula is C7H14N2O3. The number of rotatable bonds is 3. The SMILES string of the molecule is O=C(O)C1CN(CCO)CCN1. The molecule has 0 aromatic carbocycles. The van der Waals surface area contributed by atoms with Gasteiger partial charge in [-0.05, 0) is 0 Å². The minimum atomic E-state index is -0.822. The van der Waals surface area contributed by atoms with Crippen molar-refractivity contribution in [3.63, 3.8) is 0 Å². The first-order valence-corrected chi connectivity index (χ1v) is 4.03. The Hall–Kier alpha value is -0.650. The number of hydrogen-bond acceptors (Lipinski definition) is 4. The van der Waals surface area contributed by atoms with Crippen molar-refractivity contribution in [2.75, 3.05) is 32.8 Å². The van der Waals surface area contributed by atoms with Crippen molar-refractivity contribution in [2.24, 2.45) is 0 Å². The molecule has 3 N–H and O–H groups in total. The molecule has 0 radical (unpaired) electrons. The van der Waals surface area contributed by atoms with Gasteiger partial charge in [0.05, 0.1) is 6.61 Å². The number of carbonyl (C=O) groups is 1. The second-order valence-corrected chi connectivity index (χ2v) is 2.87. The molecule has 0 aromatic heterocycles. The number of nitrogens with zero attached hydrogens (tertiary/aromatic N) is 1. The van der Waals surface area contributed by atoms with Gasteiger partial charge in [-0.2, -0.15) is 0 Å². The quantitative estimate of drug-likeness (QED) is 0.477. The first kappa shape index (κ1) is 9.44. The molecule has 1 heterocycles. The highest BCUT2D eigenvalue weighted by atomic mass is 16.4. The number of aliphatic hydroxyl groups excluding tert-OH is 1. The molecule has 70 valence electrons. The Balaban J connectivity index is 2.35. The maximum atomic E-state index is 10.6. The summed E-state index contributed by atoms with van der Waals surface area (Å²) < 4.78 is 0. The van der Waals surface area contributed by atoms with E-state index >= 15 is 0 Å². The van der Waals surface area contributed by atoms with Crippen LogP contribution in [0.5, 0.6) is 0 Å². The summed E-state index contributed by atoms with van der Waals surface area (Å²) in [4.78, 5) is 12.5. The summed E-state index contributed by atoms with van der Waals surface area (Å²) in [5.41, 5.74) is 0. The predicted molar refractivity (Wildman–Crippen MR) is 43.0 cm³/mol. The smallest absolute Gasteiger partial charge is 0.322 e. The summed E-state index contributed by atoms with van der Waals surface area (Å²) in [5.74, 6) is -0.822. The number of carboxylic acids is 1. The van der Waals surface area contributed by atoms with Crippen LogP contribution in [0.2, 0.25) is 0 Å². The van der Waals surface area contributed by atoms with Crippen LogP contribution in [-0.4, -0.2) is 59.9 Å². The van der Waals surface area contributed by atoms with Crippen molar-refractivity contribution >= 4 is 5.97 Å². The van der Waals surface area contributed by atoms with Crippen LogP contribution in [0, 0.1) is 0 Å². The van der Waals surface area contributed by atoms with Gasteiger partial charge in [-0.1, -0.05) is 0 Å². The third kappa shape index (κ3) is 2.44. The molecule has 1 fully saturated rings. The van der Waals surface area contributed by atoms with E-state index < -0.39 is 12.0 Å². The molecule has 5 heteroatoms. The minimum absolute atomic E-state index is 0.0896. The molecule has 1 atom stereocenters. The van der Waals surface area contributed by atoms with Gasteiger partial charge in [-0.15, -0.1) is 0 Å². The zero-order valence-corrected chi connectivity index (χ0v) is 6.86. The third-order valence-corrected chi connectivity index (χ3v) is 1.97. The minimum Gasteiger partial charge on any atom is -0.480 e. The van der Waals surface area contributed by atoms with Crippen LogP contribution in [0.25, 0.3) is 0 Å². The maximum absolute atomic E-state index is 10.6. The zero-order valence-electron chi connectivity index (χ0n) is 6.86. The van der Waals surface area contributed by atoms with E-state index in [0.29, 0.717) is 19.6 Å². The Morgan fingerprint density at radius 2 is 2.42 bits per heavy atom. The summed E-state index contributed by atoms with van der Waals surface area (Å²) in [6.07, 6.45) is 0. The molecule has 0 bridgehead atoms. The second-order valence-electron chi connectivity index (χ2n) is 2.87. The van der Waals surface area contributed by atoms with Crippen LogP contribution in [0.3, 0.4) is 0 Å². The number of hydrogen-bond donors (Lipinski definition) is 3. The maximum Gasteiger partial charge on any atom is 0.322 e. The molecule has 0 amide bonds. The second kappa shape index (κ2) is 4.39. The first-order chi connectivity index (χ1) is 5.74. The van der Waals surface area contributed by atoms with E-state index in [-0.39, 0.29) is 6.61 Å². The van der Waals surface area contributed by atoms with Crippen molar-refractivity contribution in [1.82, 2.24) is 10.2 Å². The van der Waals surface area contributed by atoms with Gasteiger partial charge in [-0.25, -0.2) is 0 Å². The summed E-state index contributed by atoms with van der Waals surface area (Å²) in [6, 6.07) is -0.481. The van der Waals surface area contributed by atoms with E-state index in [2.05, 4.69) is 5.32 Å². The highest BCUT2D eigenvalue weighted by Crippen LogP contribution is 1.97. The van der Waals surface area contributed by atoms with Crippen LogP contribution in [0.4, 0.5) is 0 Å². The topological polar surface area (TPSA) is 72.8 Å². The lowest BCUT2D eigenvalue weighted by molar-refractivity contribution is -0.140. The number of piperazine rings is 1. The van der Waals surface area contributed by atoms with Crippen molar-refractivity contribution in [2.45, 2.75) is 6.04 Å². The lowest BCUT2D eigenvalue weighted by Gasteiger charge is -2.30. The van der Waals surface area contributed by atoms with Gasteiger partial charge in [0.15, 0.2) is 0 Å². The van der Waals surface area contributed by atoms with Crippen molar-refractivity contribution in [3.8, 4) is 0 Å². The Labute approximate surface area is 71.0 Å². The summed E-state index contributed by atoms with van der Waals surface area (Å²) >= 11 is 0.